The predicted octanol–water partition coefficient (Wildman–Crippen LogP) is 2.78. The van der Waals surface area contributed by atoms with E-state index in [1.54, 1.807) is 0 Å². The fourth-order valence-corrected chi connectivity index (χ4v) is 3.29. The lowest BCUT2D eigenvalue weighted by molar-refractivity contribution is 0.0541. The molecule has 0 bridgehead atoms. The first-order chi connectivity index (χ1) is 8.01. The topological polar surface area (TPSA) is 38.0 Å². The molecule has 3 atom stereocenters. The molecule has 0 aliphatic heterocycles. The van der Waals surface area contributed by atoms with Crippen LogP contribution in [0.5, 0.6) is 0 Å². The Bertz CT molecular complexity index is 245. The van der Waals surface area contributed by atoms with Crippen molar-refractivity contribution in [2.45, 2.75) is 58.9 Å². The second kappa shape index (κ2) is 5.27. The molecule has 0 aromatic heterocycles. The third-order valence-corrected chi connectivity index (χ3v) is 5.53. The summed E-state index contributed by atoms with van der Waals surface area (Å²) in [7, 11) is 0. The van der Waals surface area contributed by atoms with E-state index in [0.29, 0.717) is 17.4 Å². The molecule has 0 radical (unpaired) electrons. The Kier molecular flexibility index (Phi) is 4.14. The molecule has 2 fully saturated rings. The molecule has 0 amide bonds. The maximum Gasteiger partial charge on any atom is 0.00698 e. The summed E-state index contributed by atoms with van der Waals surface area (Å²) in [5.74, 6) is 2.50. The largest absolute Gasteiger partial charge is 0.327 e. The van der Waals surface area contributed by atoms with Crippen molar-refractivity contribution >= 4 is 0 Å². The summed E-state index contributed by atoms with van der Waals surface area (Å²) in [6.07, 6.45) is 6.85. The van der Waals surface area contributed by atoms with Gasteiger partial charge in [-0.1, -0.05) is 33.6 Å². The molecule has 0 heterocycles. The molecule has 0 saturated heterocycles. The third-order valence-electron chi connectivity index (χ3n) is 5.53. The lowest BCUT2D eigenvalue weighted by Crippen LogP contribution is -2.49. The van der Waals surface area contributed by atoms with Crippen molar-refractivity contribution in [2.24, 2.45) is 28.9 Å². The highest BCUT2D eigenvalue weighted by Gasteiger charge is 2.41. The molecule has 3 unspecified atom stereocenters. The fourth-order valence-electron chi connectivity index (χ4n) is 3.29. The highest BCUT2D eigenvalue weighted by atomic mass is 14.9. The van der Waals surface area contributed by atoms with Crippen LogP contribution in [-0.4, -0.2) is 19.1 Å². The van der Waals surface area contributed by atoms with Gasteiger partial charge in [-0.25, -0.2) is 0 Å². The Morgan fingerprint density at radius 2 is 1.88 bits per heavy atom. The number of hydrogen-bond donors (Lipinski definition) is 2. The maximum atomic E-state index is 6.20. The van der Waals surface area contributed by atoms with Crippen LogP contribution in [0.1, 0.15) is 52.9 Å². The molecule has 0 aromatic rings. The molecule has 2 nitrogen and oxygen atoms in total. The van der Waals surface area contributed by atoms with Gasteiger partial charge >= 0.3 is 0 Å². The van der Waals surface area contributed by atoms with E-state index in [2.05, 4.69) is 26.1 Å². The van der Waals surface area contributed by atoms with Gasteiger partial charge in [-0.2, -0.15) is 0 Å². The van der Waals surface area contributed by atoms with Crippen molar-refractivity contribution in [3.8, 4) is 0 Å². The molecule has 0 spiro atoms. The minimum Gasteiger partial charge on any atom is -0.327 e. The number of hydrogen-bond acceptors (Lipinski definition) is 2. The highest BCUT2D eigenvalue weighted by molar-refractivity contribution is 4.94. The van der Waals surface area contributed by atoms with Gasteiger partial charge in [0.2, 0.25) is 0 Å². The first-order valence-corrected chi connectivity index (χ1v) is 7.48. The normalized spacial score (nSPS) is 37.1. The van der Waals surface area contributed by atoms with Gasteiger partial charge in [0.25, 0.3) is 0 Å². The number of rotatable bonds is 5. The zero-order valence-electron chi connectivity index (χ0n) is 11.8. The molecular weight excluding hydrogens is 208 g/mol. The minimum absolute atomic E-state index is 0.393. The van der Waals surface area contributed by atoms with Gasteiger partial charge in [-0.15, -0.1) is 0 Å². The van der Waals surface area contributed by atoms with Crippen LogP contribution in [0.3, 0.4) is 0 Å². The monoisotopic (exact) mass is 238 g/mol. The van der Waals surface area contributed by atoms with E-state index in [4.69, 9.17) is 5.73 Å². The quantitative estimate of drug-likeness (QED) is 0.723. The molecular formula is C15H30N2. The van der Waals surface area contributed by atoms with Crippen LogP contribution in [0.25, 0.3) is 0 Å². The van der Waals surface area contributed by atoms with E-state index in [-0.39, 0.29) is 0 Å². The van der Waals surface area contributed by atoms with Crippen LogP contribution in [-0.2, 0) is 0 Å². The summed E-state index contributed by atoms with van der Waals surface area (Å²) in [4.78, 5) is 0. The second-order valence-electron chi connectivity index (χ2n) is 6.98. The Hall–Kier alpha value is -0.0800. The van der Waals surface area contributed by atoms with Crippen molar-refractivity contribution in [1.82, 2.24) is 5.32 Å². The van der Waals surface area contributed by atoms with Crippen LogP contribution in [0, 0.1) is 23.2 Å². The Labute approximate surface area is 107 Å². The van der Waals surface area contributed by atoms with Gasteiger partial charge in [-0.3, -0.25) is 0 Å². The van der Waals surface area contributed by atoms with Gasteiger partial charge in [0.1, 0.15) is 0 Å². The Morgan fingerprint density at radius 1 is 1.18 bits per heavy atom. The summed E-state index contributed by atoms with van der Waals surface area (Å²) in [5.41, 5.74) is 6.59. The summed E-state index contributed by atoms with van der Waals surface area (Å²) in [6, 6.07) is 0.410. The second-order valence-corrected chi connectivity index (χ2v) is 6.98. The maximum absolute atomic E-state index is 6.20. The first kappa shape index (κ1) is 13.4. The van der Waals surface area contributed by atoms with E-state index in [1.807, 2.05) is 0 Å². The van der Waals surface area contributed by atoms with Gasteiger partial charge in [0.05, 0.1) is 0 Å². The zero-order chi connectivity index (χ0) is 12.5. The average Bonchev–Trinajstić information content (AvgIpc) is 3.08. The van der Waals surface area contributed by atoms with E-state index < -0.39 is 0 Å². The SMILES string of the molecule is CC1C(N)CCC(CNCCC2CC2)C1(C)C. The number of nitrogens with one attached hydrogen (secondary N) is 1. The lowest BCUT2D eigenvalue weighted by Gasteiger charge is -2.47. The van der Waals surface area contributed by atoms with Crippen molar-refractivity contribution in [3.05, 3.63) is 0 Å². The molecule has 0 aromatic carbocycles. The average molecular weight is 238 g/mol. The molecule has 2 aliphatic rings. The van der Waals surface area contributed by atoms with E-state index >= 15 is 0 Å². The smallest absolute Gasteiger partial charge is 0.00698 e. The minimum atomic E-state index is 0.393. The molecule has 17 heavy (non-hydrogen) atoms. The van der Waals surface area contributed by atoms with Gasteiger partial charge in [0.15, 0.2) is 0 Å². The summed E-state index contributed by atoms with van der Waals surface area (Å²) in [6.45, 7) is 9.56. The van der Waals surface area contributed by atoms with Crippen molar-refractivity contribution in [1.29, 1.82) is 0 Å². The zero-order valence-corrected chi connectivity index (χ0v) is 11.8. The standard InChI is InChI=1S/C15H30N2/c1-11-14(16)7-6-13(15(11,2)3)10-17-9-8-12-4-5-12/h11-14,17H,4-10,16H2,1-3H3. The van der Waals surface area contributed by atoms with E-state index in [9.17, 15) is 0 Å². The van der Waals surface area contributed by atoms with Gasteiger partial charge in [-0.05, 0) is 55.5 Å². The molecule has 100 valence electrons. The summed E-state index contributed by atoms with van der Waals surface area (Å²) >= 11 is 0. The molecule has 2 saturated carbocycles. The molecule has 2 rings (SSSR count). The third kappa shape index (κ3) is 3.23. The van der Waals surface area contributed by atoms with Gasteiger partial charge < -0.3 is 11.1 Å². The fraction of sp³-hybridized carbons (Fsp3) is 1.00. The summed E-state index contributed by atoms with van der Waals surface area (Å²) in [5, 5.41) is 3.68. The van der Waals surface area contributed by atoms with Crippen LogP contribution >= 0.6 is 0 Å². The van der Waals surface area contributed by atoms with Crippen LogP contribution in [0.2, 0.25) is 0 Å². The van der Waals surface area contributed by atoms with Crippen LogP contribution in [0.4, 0.5) is 0 Å². The highest BCUT2D eigenvalue weighted by Crippen LogP contribution is 2.44. The molecule has 3 N–H and O–H groups in total. The van der Waals surface area contributed by atoms with Crippen LogP contribution in [0.15, 0.2) is 0 Å². The van der Waals surface area contributed by atoms with Crippen molar-refractivity contribution in [2.75, 3.05) is 13.1 Å². The molecule has 2 aliphatic carbocycles. The molecule has 2 heteroatoms. The number of nitrogens with two attached hydrogens (primary N) is 1. The van der Waals surface area contributed by atoms with Crippen molar-refractivity contribution in [3.63, 3.8) is 0 Å². The Balaban J connectivity index is 1.74. The first-order valence-electron chi connectivity index (χ1n) is 7.48. The predicted molar refractivity (Wildman–Crippen MR) is 73.9 cm³/mol. The lowest BCUT2D eigenvalue weighted by atomic mass is 9.61. The van der Waals surface area contributed by atoms with Crippen molar-refractivity contribution < 1.29 is 0 Å². The van der Waals surface area contributed by atoms with E-state index in [0.717, 1.165) is 11.8 Å². The Morgan fingerprint density at radius 3 is 2.53 bits per heavy atom. The van der Waals surface area contributed by atoms with Gasteiger partial charge in [0, 0.05) is 6.04 Å². The van der Waals surface area contributed by atoms with E-state index in [1.165, 1.54) is 45.2 Å². The van der Waals surface area contributed by atoms with Crippen LogP contribution < -0.4 is 11.1 Å². The summed E-state index contributed by atoms with van der Waals surface area (Å²) < 4.78 is 0.